The summed E-state index contributed by atoms with van der Waals surface area (Å²) in [6.45, 7) is 0.150. The third kappa shape index (κ3) is 6.98. The van der Waals surface area contributed by atoms with Crippen LogP contribution in [0.15, 0.2) is 0 Å². The molecule has 0 rings (SSSR count). The van der Waals surface area contributed by atoms with E-state index in [1.54, 1.807) is 0 Å². The number of hydrogen-bond donors (Lipinski definition) is 0. The lowest BCUT2D eigenvalue weighted by molar-refractivity contribution is 0.184. The molecular weight excluding hydrogens is 206 g/mol. The summed E-state index contributed by atoms with van der Waals surface area (Å²) in [6.07, 6.45) is 0. The third-order valence-corrected chi connectivity index (χ3v) is 2.40. The van der Waals surface area contributed by atoms with E-state index in [-0.39, 0.29) is 13.2 Å². The molecule has 0 bridgehead atoms. The first-order valence-electron chi connectivity index (χ1n) is 3.12. The van der Waals surface area contributed by atoms with Crippen molar-refractivity contribution in [1.82, 2.24) is 0 Å². The van der Waals surface area contributed by atoms with Crippen molar-refractivity contribution in [3.63, 3.8) is 0 Å². The van der Waals surface area contributed by atoms with Crippen LogP contribution in [0, 0.1) is 0 Å². The Labute approximate surface area is 72.0 Å². The Hall–Kier alpha value is 0.300. The van der Waals surface area contributed by atoms with Crippen LogP contribution < -0.4 is 0 Å². The molecule has 0 heterocycles. The minimum atomic E-state index is -2.39. The Morgan fingerprint density at radius 1 is 0.917 bits per heavy atom. The first-order valence-corrected chi connectivity index (χ1v) is 5.57. The molecule has 0 aromatic carbocycles. The van der Waals surface area contributed by atoms with E-state index in [1.807, 2.05) is 0 Å². The van der Waals surface area contributed by atoms with Crippen LogP contribution in [-0.2, 0) is 27.2 Å². The molecule has 0 N–H and O–H groups in total. The Balaban J connectivity index is 3.21. The molecule has 0 aromatic rings. The second kappa shape index (κ2) is 7.92. The van der Waals surface area contributed by atoms with E-state index >= 15 is 0 Å². The summed E-state index contributed by atoms with van der Waals surface area (Å²) in [7, 11) is -2.23. The van der Waals surface area contributed by atoms with Crippen molar-refractivity contribution >= 4 is 16.5 Å². The largest absolute Gasteiger partial charge is 0.318 e. The van der Waals surface area contributed by atoms with Crippen LogP contribution in [0.1, 0.15) is 0 Å². The lowest BCUT2D eigenvalue weighted by atomic mass is 10.8. The molecule has 0 spiro atoms. The van der Waals surface area contributed by atoms with Gasteiger partial charge in [0.1, 0.15) is 0 Å². The first kappa shape index (κ1) is 12.3. The average molecular weight is 218 g/mol. The van der Waals surface area contributed by atoms with Crippen molar-refractivity contribution in [2.24, 2.45) is 0 Å². The zero-order chi connectivity index (χ0) is 9.40. The summed E-state index contributed by atoms with van der Waals surface area (Å²) in [6, 6.07) is 0. The van der Waals surface area contributed by atoms with Gasteiger partial charge < -0.3 is 18.1 Å². The molecule has 0 saturated carbocycles. The van der Waals surface area contributed by atoms with E-state index in [0.717, 1.165) is 0 Å². The van der Waals surface area contributed by atoms with Crippen LogP contribution in [0.25, 0.3) is 0 Å². The van der Waals surface area contributed by atoms with Gasteiger partial charge in [0.25, 0.3) is 0 Å². The maximum absolute atomic E-state index is 10.5. The first-order chi connectivity index (χ1) is 5.70. The fourth-order valence-corrected chi connectivity index (χ4v) is 1.10. The molecular formula is C4H12O6P2. The van der Waals surface area contributed by atoms with Gasteiger partial charge in [0.15, 0.2) is 0 Å². The summed E-state index contributed by atoms with van der Waals surface area (Å²) < 4.78 is 38.9. The summed E-state index contributed by atoms with van der Waals surface area (Å²) in [4.78, 5) is 0. The maximum atomic E-state index is 10.5. The highest BCUT2D eigenvalue weighted by Gasteiger charge is 1.98. The zero-order valence-corrected chi connectivity index (χ0v) is 8.86. The van der Waals surface area contributed by atoms with Crippen molar-refractivity contribution in [3.05, 3.63) is 0 Å². The second-order valence-electron chi connectivity index (χ2n) is 1.61. The van der Waals surface area contributed by atoms with E-state index < -0.39 is 16.5 Å². The van der Waals surface area contributed by atoms with Crippen LogP contribution in [0.3, 0.4) is 0 Å². The molecule has 0 aromatic heterocycles. The smallest absolute Gasteiger partial charge is 0.314 e. The van der Waals surface area contributed by atoms with Gasteiger partial charge in [-0.25, -0.2) is 0 Å². The quantitative estimate of drug-likeness (QED) is 0.470. The molecule has 0 amide bonds. The summed E-state index contributed by atoms with van der Waals surface area (Å²) >= 11 is 0. The summed E-state index contributed by atoms with van der Waals surface area (Å²) in [5, 5.41) is 0. The molecule has 0 fully saturated rings. The highest BCUT2D eigenvalue weighted by atomic mass is 31.1. The summed E-state index contributed by atoms with van der Waals surface area (Å²) in [5.41, 5.74) is 0. The molecule has 8 heteroatoms. The van der Waals surface area contributed by atoms with Crippen LogP contribution in [0.2, 0.25) is 0 Å². The molecule has 74 valence electrons. The lowest BCUT2D eigenvalue weighted by Crippen LogP contribution is -1.96. The molecule has 0 saturated heterocycles. The predicted octanol–water partition coefficient (Wildman–Crippen LogP) is 1.09. The Morgan fingerprint density at radius 2 is 1.25 bits per heavy atom. The lowest BCUT2D eigenvalue weighted by Gasteiger charge is -2.02. The van der Waals surface area contributed by atoms with Crippen molar-refractivity contribution in [2.75, 3.05) is 27.4 Å². The van der Waals surface area contributed by atoms with Crippen molar-refractivity contribution in [1.29, 1.82) is 0 Å². The van der Waals surface area contributed by atoms with Gasteiger partial charge in [-0.15, -0.1) is 0 Å². The normalized spacial score (nSPS) is 15.8. The zero-order valence-electron chi connectivity index (χ0n) is 6.86. The van der Waals surface area contributed by atoms with E-state index in [2.05, 4.69) is 18.1 Å². The topological polar surface area (TPSA) is 71.1 Å². The van der Waals surface area contributed by atoms with Gasteiger partial charge >= 0.3 is 16.5 Å². The van der Waals surface area contributed by atoms with E-state index in [0.29, 0.717) is 0 Å². The van der Waals surface area contributed by atoms with Gasteiger partial charge in [0.05, 0.1) is 13.2 Å². The number of rotatable bonds is 7. The molecule has 0 aliphatic carbocycles. The molecule has 2 atom stereocenters. The van der Waals surface area contributed by atoms with Crippen LogP contribution in [0.5, 0.6) is 0 Å². The van der Waals surface area contributed by atoms with E-state index in [1.165, 1.54) is 14.2 Å². The van der Waals surface area contributed by atoms with Crippen molar-refractivity contribution in [2.45, 2.75) is 0 Å². The third-order valence-electron chi connectivity index (χ3n) is 0.856. The van der Waals surface area contributed by atoms with Gasteiger partial charge in [0, 0.05) is 14.2 Å². The van der Waals surface area contributed by atoms with Crippen LogP contribution in [-0.4, -0.2) is 27.4 Å². The standard InChI is InChI=1S/C4H12O6P2/c1-7-11(5)9-3-4-10-12(6)8-2/h11-12H,3-4H2,1-2H3. The van der Waals surface area contributed by atoms with Crippen LogP contribution in [0.4, 0.5) is 0 Å². The Morgan fingerprint density at radius 3 is 1.50 bits per heavy atom. The highest BCUT2D eigenvalue weighted by molar-refractivity contribution is 7.33. The average Bonchev–Trinajstić information content (AvgIpc) is 2.11. The predicted molar refractivity (Wildman–Crippen MR) is 43.9 cm³/mol. The van der Waals surface area contributed by atoms with Gasteiger partial charge in [-0.05, 0) is 0 Å². The fourth-order valence-electron chi connectivity index (χ4n) is 0.368. The Bertz CT molecular complexity index is 142. The summed E-state index contributed by atoms with van der Waals surface area (Å²) in [5.74, 6) is 0. The molecule has 0 aliphatic rings. The minimum absolute atomic E-state index is 0.0748. The van der Waals surface area contributed by atoms with Gasteiger partial charge in [-0.1, -0.05) is 0 Å². The van der Waals surface area contributed by atoms with Crippen molar-refractivity contribution < 1.29 is 27.2 Å². The monoisotopic (exact) mass is 218 g/mol. The highest BCUT2D eigenvalue weighted by Crippen LogP contribution is 2.24. The second-order valence-corrected chi connectivity index (χ2v) is 4.00. The number of hydrogen-bond acceptors (Lipinski definition) is 6. The molecule has 0 radical (unpaired) electrons. The minimum Gasteiger partial charge on any atom is -0.314 e. The van der Waals surface area contributed by atoms with Gasteiger partial charge in [-0.3, -0.25) is 9.13 Å². The SMILES string of the molecule is CO[PH](=O)OCCO[PH](=O)OC. The molecule has 0 aliphatic heterocycles. The van der Waals surface area contributed by atoms with Crippen LogP contribution >= 0.6 is 16.5 Å². The Kier molecular flexibility index (Phi) is 8.12. The molecule has 2 unspecified atom stereocenters. The van der Waals surface area contributed by atoms with E-state index in [9.17, 15) is 9.13 Å². The molecule has 6 nitrogen and oxygen atoms in total. The van der Waals surface area contributed by atoms with Gasteiger partial charge in [0.2, 0.25) is 0 Å². The maximum Gasteiger partial charge on any atom is 0.318 e. The fraction of sp³-hybridized carbons (Fsp3) is 1.00. The van der Waals surface area contributed by atoms with E-state index in [4.69, 9.17) is 0 Å². The van der Waals surface area contributed by atoms with Gasteiger partial charge in [-0.2, -0.15) is 0 Å². The van der Waals surface area contributed by atoms with Crippen molar-refractivity contribution in [3.8, 4) is 0 Å². The molecule has 12 heavy (non-hydrogen) atoms.